The number of rotatable bonds is 5. The molecule has 2 aromatic carbocycles. The highest BCUT2D eigenvalue weighted by Gasteiger charge is 2.34. The van der Waals surface area contributed by atoms with Crippen LogP contribution in [0.3, 0.4) is 0 Å². The Bertz CT molecular complexity index is 862. The van der Waals surface area contributed by atoms with E-state index >= 15 is 0 Å². The number of amides is 1. The highest BCUT2D eigenvalue weighted by atomic mass is 19.4. The number of anilines is 1. The summed E-state index contributed by atoms with van der Waals surface area (Å²) < 4.78 is 56.7. The van der Waals surface area contributed by atoms with E-state index in [9.17, 15) is 27.2 Å². The number of carbonyl (C=O) groups is 2. The zero-order valence-corrected chi connectivity index (χ0v) is 14.1. The number of hydrogen-bond acceptors (Lipinski definition) is 3. The van der Waals surface area contributed by atoms with Crippen LogP contribution in [0.15, 0.2) is 54.6 Å². The fraction of sp³-hybridized carbons (Fsp3) is 0.158. The van der Waals surface area contributed by atoms with Crippen LogP contribution in [0.5, 0.6) is 0 Å². The van der Waals surface area contributed by atoms with E-state index in [1.54, 1.807) is 6.07 Å². The molecule has 0 aliphatic rings. The van der Waals surface area contributed by atoms with Gasteiger partial charge in [-0.25, -0.2) is 9.18 Å². The minimum atomic E-state index is -4.64. The number of carbonyl (C=O) groups excluding carboxylic acids is 2. The van der Waals surface area contributed by atoms with Gasteiger partial charge in [-0.05, 0) is 42.8 Å². The maximum absolute atomic E-state index is 13.0. The van der Waals surface area contributed by atoms with Gasteiger partial charge < -0.3 is 10.1 Å². The van der Waals surface area contributed by atoms with Crippen molar-refractivity contribution >= 4 is 23.6 Å². The van der Waals surface area contributed by atoms with Crippen LogP contribution in [0.4, 0.5) is 23.2 Å². The second-order valence-corrected chi connectivity index (χ2v) is 5.50. The monoisotopic (exact) mass is 381 g/mol. The number of ether oxygens (including phenoxy) is 1. The van der Waals surface area contributed by atoms with E-state index in [0.717, 1.165) is 18.2 Å². The van der Waals surface area contributed by atoms with Crippen LogP contribution in [-0.4, -0.2) is 18.0 Å². The molecule has 2 aromatic rings. The van der Waals surface area contributed by atoms with E-state index < -0.39 is 41.2 Å². The van der Waals surface area contributed by atoms with Gasteiger partial charge in [0.25, 0.3) is 5.91 Å². The summed E-state index contributed by atoms with van der Waals surface area (Å²) in [6.07, 6.45) is -3.70. The Balaban J connectivity index is 1.99. The third-order valence-corrected chi connectivity index (χ3v) is 3.41. The molecule has 2 rings (SSSR count). The second-order valence-electron chi connectivity index (χ2n) is 5.50. The van der Waals surface area contributed by atoms with Crippen LogP contribution in [0.25, 0.3) is 6.08 Å². The van der Waals surface area contributed by atoms with Crippen molar-refractivity contribution in [3.8, 4) is 0 Å². The van der Waals surface area contributed by atoms with Crippen molar-refractivity contribution in [1.82, 2.24) is 0 Å². The summed E-state index contributed by atoms with van der Waals surface area (Å²) in [6, 6.07) is 9.88. The van der Waals surface area contributed by atoms with Gasteiger partial charge >= 0.3 is 12.1 Å². The molecule has 1 N–H and O–H groups in total. The van der Waals surface area contributed by atoms with Crippen molar-refractivity contribution in [1.29, 1.82) is 0 Å². The molecule has 1 unspecified atom stereocenters. The van der Waals surface area contributed by atoms with E-state index in [1.165, 1.54) is 43.3 Å². The van der Waals surface area contributed by atoms with Crippen LogP contribution in [0.1, 0.15) is 18.1 Å². The molecule has 1 amide bonds. The van der Waals surface area contributed by atoms with Crippen molar-refractivity contribution in [2.75, 3.05) is 5.32 Å². The molecule has 1 atom stereocenters. The summed E-state index contributed by atoms with van der Waals surface area (Å²) in [6.45, 7) is 1.22. The standard InChI is InChI=1S/C19H15F4NO3/c1-12(27-17(25)10-9-13-5-4-6-14(20)11-13)18(26)24-16-8-3-2-7-15(16)19(21,22)23/h2-12H,1H3,(H,24,26)/b10-9+. The molecule has 0 radical (unpaired) electrons. The zero-order chi connectivity index (χ0) is 20.0. The summed E-state index contributed by atoms with van der Waals surface area (Å²) in [7, 11) is 0. The molecule has 0 fully saturated rings. The van der Waals surface area contributed by atoms with Crippen molar-refractivity contribution in [3.63, 3.8) is 0 Å². The number of esters is 1. The molecule has 0 saturated carbocycles. The Morgan fingerprint density at radius 2 is 1.81 bits per heavy atom. The zero-order valence-electron chi connectivity index (χ0n) is 14.1. The first-order valence-corrected chi connectivity index (χ1v) is 7.78. The maximum Gasteiger partial charge on any atom is 0.418 e. The van der Waals surface area contributed by atoms with Gasteiger partial charge in [-0.2, -0.15) is 13.2 Å². The quantitative estimate of drug-likeness (QED) is 0.474. The van der Waals surface area contributed by atoms with Gasteiger partial charge in [-0.1, -0.05) is 24.3 Å². The van der Waals surface area contributed by atoms with E-state index in [1.807, 2.05) is 0 Å². The van der Waals surface area contributed by atoms with Gasteiger partial charge in [0.1, 0.15) is 5.82 Å². The van der Waals surface area contributed by atoms with Crippen LogP contribution in [0.2, 0.25) is 0 Å². The molecular formula is C19H15F4NO3. The average Bonchev–Trinajstić information content (AvgIpc) is 2.59. The van der Waals surface area contributed by atoms with Gasteiger partial charge in [0.15, 0.2) is 6.10 Å². The van der Waals surface area contributed by atoms with Crippen molar-refractivity contribution in [3.05, 3.63) is 71.6 Å². The van der Waals surface area contributed by atoms with Crippen molar-refractivity contribution < 1.29 is 31.9 Å². The molecular weight excluding hydrogens is 366 g/mol. The second kappa shape index (κ2) is 8.48. The lowest BCUT2D eigenvalue weighted by Gasteiger charge is -2.16. The topological polar surface area (TPSA) is 55.4 Å². The molecule has 0 saturated heterocycles. The first-order valence-electron chi connectivity index (χ1n) is 7.78. The van der Waals surface area contributed by atoms with Crippen LogP contribution in [0, 0.1) is 5.82 Å². The Morgan fingerprint density at radius 3 is 2.48 bits per heavy atom. The third-order valence-electron chi connectivity index (χ3n) is 3.41. The maximum atomic E-state index is 13.0. The number of hydrogen-bond donors (Lipinski definition) is 1. The Kier molecular flexibility index (Phi) is 6.33. The molecule has 142 valence electrons. The Morgan fingerprint density at radius 1 is 1.11 bits per heavy atom. The number of benzene rings is 2. The lowest BCUT2D eigenvalue weighted by Crippen LogP contribution is -2.30. The van der Waals surface area contributed by atoms with E-state index in [2.05, 4.69) is 5.32 Å². The van der Waals surface area contributed by atoms with Gasteiger partial charge in [0, 0.05) is 6.08 Å². The van der Waals surface area contributed by atoms with Crippen LogP contribution < -0.4 is 5.32 Å². The third kappa shape index (κ3) is 5.95. The van der Waals surface area contributed by atoms with E-state index in [4.69, 9.17) is 4.74 Å². The molecule has 0 aliphatic heterocycles. The molecule has 0 bridgehead atoms. The number of nitrogens with one attached hydrogen (secondary N) is 1. The van der Waals surface area contributed by atoms with Crippen LogP contribution >= 0.6 is 0 Å². The highest BCUT2D eigenvalue weighted by molar-refractivity contribution is 5.97. The van der Waals surface area contributed by atoms with Gasteiger partial charge in [-0.15, -0.1) is 0 Å². The molecule has 0 heterocycles. The molecule has 8 heteroatoms. The predicted octanol–water partition coefficient (Wildman–Crippen LogP) is 4.43. The number of alkyl halides is 3. The minimum absolute atomic E-state index is 0.406. The molecule has 27 heavy (non-hydrogen) atoms. The van der Waals surface area contributed by atoms with Gasteiger partial charge in [0.05, 0.1) is 11.3 Å². The predicted molar refractivity (Wildman–Crippen MR) is 91.1 cm³/mol. The van der Waals surface area contributed by atoms with Gasteiger partial charge in [0.2, 0.25) is 0 Å². The first kappa shape index (κ1) is 20.2. The SMILES string of the molecule is CC(OC(=O)/C=C/c1cccc(F)c1)C(=O)Nc1ccccc1C(F)(F)F. The van der Waals surface area contributed by atoms with Crippen molar-refractivity contribution in [2.45, 2.75) is 19.2 Å². The molecule has 0 aliphatic carbocycles. The first-order chi connectivity index (χ1) is 12.7. The van der Waals surface area contributed by atoms with Crippen LogP contribution in [-0.2, 0) is 20.5 Å². The summed E-state index contributed by atoms with van der Waals surface area (Å²) in [5.74, 6) is -2.30. The highest BCUT2D eigenvalue weighted by Crippen LogP contribution is 2.34. The largest absolute Gasteiger partial charge is 0.449 e. The smallest absolute Gasteiger partial charge is 0.418 e. The van der Waals surface area contributed by atoms with E-state index in [-0.39, 0.29) is 0 Å². The Hall–Kier alpha value is -3.16. The fourth-order valence-electron chi connectivity index (χ4n) is 2.12. The van der Waals surface area contributed by atoms with Crippen molar-refractivity contribution in [2.24, 2.45) is 0 Å². The number of para-hydroxylation sites is 1. The van der Waals surface area contributed by atoms with Gasteiger partial charge in [-0.3, -0.25) is 4.79 Å². The molecule has 0 spiro atoms. The summed E-state index contributed by atoms with van der Waals surface area (Å²) in [5.41, 5.74) is -1.04. The summed E-state index contributed by atoms with van der Waals surface area (Å²) >= 11 is 0. The number of halogens is 4. The lowest BCUT2D eigenvalue weighted by molar-refractivity contribution is -0.148. The van der Waals surface area contributed by atoms with E-state index in [0.29, 0.717) is 5.56 Å². The normalized spacial score (nSPS) is 12.6. The minimum Gasteiger partial charge on any atom is -0.449 e. The molecule has 0 aromatic heterocycles. The summed E-state index contributed by atoms with van der Waals surface area (Å²) in [4.78, 5) is 23.7. The average molecular weight is 381 g/mol. The Labute approximate surface area is 152 Å². The fourth-order valence-corrected chi connectivity index (χ4v) is 2.12. The molecule has 4 nitrogen and oxygen atoms in total. The summed E-state index contributed by atoms with van der Waals surface area (Å²) in [5, 5.41) is 2.09. The lowest BCUT2D eigenvalue weighted by atomic mass is 10.1.